The lowest BCUT2D eigenvalue weighted by Crippen LogP contribution is -2.31. The molecule has 5 nitrogen and oxygen atoms in total. The van der Waals surface area contributed by atoms with Crippen LogP contribution in [0.3, 0.4) is 0 Å². The molecule has 0 saturated carbocycles. The summed E-state index contributed by atoms with van der Waals surface area (Å²) in [4.78, 5) is 17.3. The summed E-state index contributed by atoms with van der Waals surface area (Å²) in [5.41, 5.74) is 2.67. The van der Waals surface area contributed by atoms with Crippen LogP contribution in [-0.2, 0) is 11.5 Å². The van der Waals surface area contributed by atoms with Gasteiger partial charge in [-0.25, -0.2) is 9.67 Å². The van der Waals surface area contributed by atoms with Gasteiger partial charge in [0.05, 0.1) is 0 Å². The predicted octanol–water partition coefficient (Wildman–Crippen LogP) is 2.56. The van der Waals surface area contributed by atoms with E-state index in [9.17, 15) is 4.79 Å². The maximum Gasteiger partial charge on any atom is 0.225 e. The third kappa shape index (κ3) is 2.76. The molecule has 100 valence electrons. The topological polar surface area (TPSA) is 51.0 Å². The van der Waals surface area contributed by atoms with Crippen LogP contribution in [0.25, 0.3) is 0 Å². The van der Waals surface area contributed by atoms with Crippen molar-refractivity contribution in [2.45, 2.75) is 27.4 Å². The molecule has 1 amide bonds. The third-order valence-electron chi connectivity index (χ3n) is 2.97. The van der Waals surface area contributed by atoms with E-state index in [-0.39, 0.29) is 5.91 Å². The summed E-state index contributed by atoms with van der Waals surface area (Å²) >= 11 is 6.24. The molecule has 2 aromatic rings. The summed E-state index contributed by atoms with van der Waals surface area (Å²) in [7, 11) is 0. The van der Waals surface area contributed by atoms with Gasteiger partial charge >= 0.3 is 0 Å². The Morgan fingerprint density at radius 3 is 2.74 bits per heavy atom. The largest absolute Gasteiger partial charge is 0.292 e. The number of halogens is 1. The van der Waals surface area contributed by atoms with Gasteiger partial charge in [0.2, 0.25) is 5.91 Å². The third-order valence-corrected chi connectivity index (χ3v) is 3.56. The number of aromatic nitrogens is 3. The first-order valence-corrected chi connectivity index (χ1v) is 6.24. The number of carbonyl (C=O) groups excluding carboxylic acids is 1. The highest BCUT2D eigenvalue weighted by Crippen LogP contribution is 2.29. The van der Waals surface area contributed by atoms with E-state index in [2.05, 4.69) is 10.1 Å². The van der Waals surface area contributed by atoms with Gasteiger partial charge in [-0.2, -0.15) is 5.10 Å². The fraction of sp³-hybridized carbons (Fsp3) is 0.308. The molecular weight excluding hydrogens is 264 g/mol. The molecular formula is C13H15ClN4O. The average molecular weight is 279 g/mol. The predicted molar refractivity (Wildman–Crippen MR) is 74.1 cm³/mol. The lowest BCUT2D eigenvalue weighted by Gasteiger charge is -2.23. The van der Waals surface area contributed by atoms with Crippen molar-refractivity contribution in [1.29, 1.82) is 0 Å². The van der Waals surface area contributed by atoms with E-state index in [0.29, 0.717) is 11.7 Å². The van der Waals surface area contributed by atoms with E-state index in [1.165, 1.54) is 13.3 Å². The molecule has 1 heterocycles. The van der Waals surface area contributed by atoms with Crippen LogP contribution in [0.4, 0.5) is 5.69 Å². The molecule has 2 rings (SSSR count). The highest BCUT2D eigenvalue weighted by molar-refractivity contribution is 6.32. The molecule has 0 atom stereocenters. The van der Waals surface area contributed by atoms with E-state index in [1.807, 2.05) is 26.0 Å². The normalized spacial score (nSPS) is 10.5. The van der Waals surface area contributed by atoms with Gasteiger partial charge < -0.3 is 0 Å². The number of hydrogen-bond acceptors (Lipinski definition) is 3. The van der Waals surface area contributed by atoms with Crippen molar-refractivity contribution in [3.8, 4) is 0 Å². The molecule has 0 saturated heterocycles. The summed E-state index contributed by atoms with van der Waals surface area (Å²) in [6.07, 6.45) is 3.01. The lowest BCUT2D eigenvalue weighted by atomic mass is 10.1. The molecule has 0 aliphatic rings. The zero-order chi connectivity index (χ0) is 14.0. The van der Waals surface area contributed by atoms with E-state index in [1.54, 1.807) is 15.9 Å². The molecule has 19 heavy (non-hydrogen) atoms. The van der Waals surface area contributed by atoms with Crippen LogP contribution in [0.2, 0.25) is 5.02 Å². The molecule has 0 N–H and O–H groups in total. The molecule has 0 bridgehead atoms. The number of aryl methyl sites for hydroxylation is 1. The standard InChI is InChI=1S/C13H15ClN4O/c1-9-4-5-12(10(2)13(9)14)18(11(3)19)8-17-7-15-6-16-17/h4-7H,8H2,1-3H3. The summed E-state index contributed by atoms with van der Waals surface area (Å²) in [5.74, 6) is -0.0708. The Balaban J connectivity index is 2.40. The molecule has 0 radical (unpaired) electrons. The maximum atomic E-state index is 11.8. The highest BCUT2D eigenvalue weighted by Gasteiger charge is 2.16. The Morgan fingerprint density at radius 2 is 2.16 bits per heavy atom. The molecule has 0 aliphatic heterocycles. The number of carbonyl (C=O) groups is 1. The van der Waals surface area contributed by atoms with Gasteiger partial charge in [0.1, 0.15) is 19.3 Å². The van der Waals surface area contributed by atoms with E-state index in [4.69, 9.17) is 11.6 Å². The minimum Gasteiger partial charge on any atom is -0.292 e. The van der Waals surface area contributed by atoms with Crippen molar-refractivity contribution in [1.82, 2.24) is 14.8 Å². The summed E-state index contributed by atoms with van der Waals surface area (Å²) < 4.78 is 1.59. The fourth-order valence-electron chi connectivity index (χ4n) is 1.90. The van der Waals surface area contributed by atoms with Crippen molar-refractivity contribution < 1.29 is 4.79 Å². The van der Waals surface area contributed by atoms with E-state index >= 15 is 0 Å². The van der Waals surface area contributed by atoms with Gasteiger partial charge in [0.25, 0.3) is 0 Å². The van der Waals surface area contributed by atoms with Crippen LogP contribution in [0, 0.1) is 13.8 Å². The van der Waals surface area contributed by atoms with Crippen molar-refractivity contribution >= 4 is 23.2 Å². The zero-order valence-electron chi connectivity index (χ0n) is 11.1. The summed E-state index contributed by atoms with van der Waals surface area (Å²) in [5, 5.41) is 4.69. The zero-order valence-corrected chi connectivity index (χ0v) is 11.8. The first-order chi connectivity index (χ1) is 9.00. The average Bonchev–Trinajstić information content (AvgIpc) is 2.87. The number of benzene rings is 1. The van der Waals surface area contributed by atoms with Gasteiger partial charge in [0, 0.05) is 17.6 Å². The van der Waals surface area contributed by atoms with Crippen LogP contribution in [0.5, 0.6) is 0 Å². The van der Waals surface area contributed by atoms with E-state index in [0.717, 1.165) is 16.8 Å². The van der Waals surface area contributed by atoms with Gasteiger partial charge in [-0.15, -0.1) is 0 Å². The molecule has 1 aromatic carbocycles. The smallest absolute Gasteiger partial charge is 0.225 e. The molecule has 0 aliphatic carbocycles. The van der Waals surface area contributed by atoms with Gasteiger partial charge in [-0.3, -0.25) is 9.69 Å². The second-order valence-corrected chi connectivity index (χ2v) is 4.74. The molecule has 1 aromatic heterocycles. The number of hydrogen-bond donors (Lipinski definition) is 0. The van der Waals surface area contributed by atoms with Crippen molar-refractivity contribution in [2.24, 2.45) is 0 Å². The number of amides is 1. The minimum atomic E-state index is -0.0708. The SMILES string of the molecule is CC(=O)N(Cn1cncn1)c1ccc(C)c(Cl)c1C. The first kappa shape index (κ1) is 13.5. The molecule has 0 fully saturated rings. The van der Waals surface area contributed by atoms with Crippen LogP contribution in [0.15, 0.2) is 24.8 Å². The molecule has 0 spiro atoms. The van der Waals surface area contributed by atoms with Gasteiger partial charge in [-0.05, 0) is 31.0 Å². The fourth-order valence-corrected chi connectivity index (χ4v) is 2.06. The number of rotatable bonds is 3. The first-order valence-electron chi connectivity index (χ1n) is 5.87. The second-order valence-electron chi connectivity index (χ2n) is 4.36. The van der Waals surface area contributed by atoms with Crippen LogP contribution in [0.1, 0.15) is 18.1 Å². The second kappa shape index (κ2) is 5.40. The quantitative estimate of drug-likeness (QED) is 0.867. The molecule has 0 unspecified atom stereocenters. The van der Waals surface area contributed by atoms with Crippen LogP contribution < -0.4 is 4.90 Å². The van der Waals surface area contributed by atoms with Crippen molar-refractivity contribution in [3.63, 3.8) is 0 Å². The summed E-state index contributed by atoms with van der Waals surface area (Å²) in [6.45, 7) is 5.68. The molecule has 6 heteroatoms. The minimum absolute atomic E-state index is 0.0708. The number of anilines is 1. The van der Waals surface area contributed by atoms with Crippen LogP contribution in [-0.4, -0.2) is 20.7 Å². The Labute approximate surface area is 116 Å². The van der Waals surface area contributed by atoms with Gasteiger partial charge in [0.15, 0.2) is 0 Å². The van der Waals surface area contributed by atoms with Crippen molar-refractivity contribution in [2.75, 3.05) is 4.90 Å². The Hall–Kier alpha value is -1.88. The van der Waals surface area contributed by atoms with Crippen molar-refractivity contribution in [3.05, 3.63) is 40.9 Å². The Bertz CT molecular complexity index is 595. The lowest BCUT2D eigenvalue weighted by molar-refractivity contribution is -0.117. The Kier molecular flexibility index (Phi) is 3.85. The van der Waals surface area contributed by atoms with E-state index < -0.39 is 0 Å². The van der Waals surface area contributed by atoms with Crippen LogP contribution >= 0.6 is 11.6 Å². The number of nitrogens with zero attached hydrogens (tertiary/aromatic N) is 4. The van der Waals surface area contributed by atoms with Gasteiger partial charge in [-0.1, -0.05) is 17.7 Å². The maximum absolute atomic E-state index is 11.8. The summed E-state index contributed by atoms with van der Waals surface area (Å²) in [6, 6.07) is 3.80. The highest BCUT2D eigenvalue weighted by atomic mass is 35.5. The monoisotopic (exact) mass is 278 g/mol. The Morgan fingerprint density at radius 1 is 1.42 bits per heavy atom.